The van der Waals surface area contributed by atoms with E-state index in [4.69, 9.17) is 4.99 Å². The molecule has 4 nitrogen and oxygen atoms in total. The summed E-state index contributed by atoms with van der Waals surface area (Å²) in [4.78, 5) is 22.5. The van der Waals surface area contributed by atoms with Gasteiger partial charge in [-0.1, -0.05) is 31.2 Å². The van der Waals surface area contributed by atoms with E-state index in [9.17, 15) is 4.79 Å². The number of fused-ring (bicyclic) bond motifs is 1. The van der Waals surface area contributed by atoms with Gasteiger partial charge in [0.05, 0.1) is 10.6 Å². The molecule has 5 heteroatoms. The van der Waals surface area contributed by atoms with Crippen molar-refractivity contribution in [2.75, 3.05) is 18.5 Å². The number of anilines is 1. The highest BCUT2D eigenvalue weighted by Gasteiger charge is 2.35. The van der Waals surface area contributed by atoms with Gasteiger partial charge in [0, 0.05) is 24.8 Å². The van der Waals surface area contributed by atoms with Crippen LogP contribution in [0.1, 0.15) is 51.2 Å². The van der Waals surface area contributed by atoms with Crippen molar-refractivity contribution in [3.8, 4) is 0 Å². The van der Waals surface area contributed by atoms with Crippen molar-refractivity contribution < 1.29 is 4.79 Å². The molecule has 1 atom stereocenters. The summed E-state index contributed by atoms with van der Waals surface area (Å²) in [7, 11) is 2.17. The Morgan fingerprint density at radius 3 is 2.63 bits per heavy atom. The molecule has 0 N–H and O–H groups in total. The van der Waals surface area contributed by atoms with Crippen LogP contribution in [0.2, 0.25) is 0 Å². The van der Waals surface area contributed by atoms with E-state index in [2.05, 4.69) is 50.9 Å². The number of thioether (sulfide) groups is 1. The van der Waals surface area contributed by atoms with Crippen LogP contribution in [0.4, 0.5) is 11.4 Å². The number of carbonyl (C=O) groups is 1. The highest BCUT2D eigenvalue weighted by molar-refractivity contribution is 8.18. The third-order valence-electron chi connectivity index (χ3n) is 6.14. The molecule has 0 aromatic heterocycles. The second-order valence-corrected chi connectivity index (χ2v) is 9.69. The maximum absolute atomic E-state index is 13.0. The van der Waals surface area contributed by atoms with Crippen molar-refractivity contribution in [2.45, 2.75) is 45.6 Å². The number of para-hydroxylation sites is 1. The fourth-order valence-corrected chi connectivity index (χ4v) is 5.38. The zero-order valence-electron chi connectivity index (χ0n) is 18.3. The highest BCUT2D eigenvalue weighted by atomic mass is 32.2. The van der Waals surface area contributed by atoms with Gasteiger partial charge in [0.2, 0.25) is 0 Å². The first-order chi connectivity index (χ1) is 14.3. The number of aliphatic imine (C=N–C) groups is 1. The molecule has 0 spiro atoms. The van der Waals surface area contributed by atoms with Crippen molar-refractivity contribution in [1.82, 2.24) is 4.90 Å². The Hall–Kier alpha value is -2.53. The largest absolute Gasteiger partial charge is 0.369 e. The summed E-state index contributed by atoms with van der Waals surface area (Å²) in [5.74, 6) is 0.514. The summed E-state index contributed by atoms with van der Waals surface area (Å²) in [6.07, 6.45) is 3.12. The number of nitrogens with zero attached hydrogens (tertiary/aromatic N) is 3. The molecule has 2 aromatic carbocycles. The molecule has 1 unspecified atom stereocenters. The molecule has 1 saturated heterocycles. The molecule has 0 saturated carbocycles. The van der Waals surface area contributed by atoms with Gasteiger partial charge in [-0.3, -0.25) is 9.69 Å². The molecule has 0 radical (unpaired) electrons. The van der Waals surface area contributed by atoms with Crippen LogP contribution in [0, 0.1) is 0 Å². The third-order valence-corrected chi connectivity index (χ3v) is 7.15. The van der Waals surface area contributed by atoms with Gasteiger partial charge >= 0.3 is 0 Å². The van der Waals surface area contributed by atoms with E-state index in [-0.39, 0.29) is 11.4 Å². The van der Waals surface area contributed by atoms with Crippen LogP contribution < -0.4 is 4.90 Å². The summed E-state index contributed by atoms with van der Waals surface area (Å²) in [5.41, 5.74) is 4.72. The van der Waals surface area contributed by atoms with Gasteiger partial charge in [-0.2, -0.15) is 0 Å². The number of amidine groups is 1. The minimum Gasteiger partial charge on any atom is -0.369 e. The van der Waals surface area contributed by atoms with Crippen molar-refractivity contribution >= 4 is 40.3 Å². The quantitative estimate of drug-likeness (QED) is 0.570. The second-order valence-electron chi connectivity index (χ2n) is 8.68. The lowest BCUT2D eigenvalue weighted by Gasteiger charge is -2.45. The van der Waals surface area contributed by atoms with Crippen LogP contribution in [0.25, 0.3) is 6.08 Å². The van der Waals surface area contributed by atoms with Gasteiger partial charge in [-0.15, -0.1) is 0 Å². The maximum atomic E-state index is 13.0. The lowest BCUT2D eigenvalue weighted by Crippen LogP contribution is -2.45. The van der Waals surface area contributed by atoms with Crippen molar-refractivity contribution in [3.05, 3.63) is 64.6 Å². The fourth-order valence-electron chi connectivity index (χ4n) is 4.32. The monoisotopic (exact) mass is 419 g/mol. The first-order valence-electron chi connectivity index (χ1n) is 10.5. The molecule has 0 bridgehead atoms. The van der Waals surface area contributed by atoms with Crippen molar-refractivity contribution in [1.29, 1.82) is 0 Å². The normalized spacial score (nSPS) is 23.4. The molecular formula is C25H29N3OS. The third kappa shape index (κ3) is 3.79. The Kier molecular flexibility index (Phi) is 5.49. The Labute approximate surface area is 183 Å². The number of likely N-dealkylation sites (N-methyl/N-ethyl adjacent to an activating group) is 1. The number of amides is 1. The molecule has 4 rings (SSSR count). The fraction of sp³-hybridized carbons (Fsp3) is 0.360. The Morgan fingerprint density at radius 2 is 1.93 bits per heavy atom. The van der Waals surface area contributed by atoms with Gasteiger partial charge in [-0.25, -0.2) is 4.99 Å². The highest BCUT2D eigenvalue weighted by Crippen LogP contribution is 2.43. The van der Waals surface area contributed by atoms with E-state index in [1.807, 2.05) is 43.3 Å². The predicted octanol–water partition coefficient (Wildman–Crippen LogP) is 6.03. The summed E-state index contributed by atoms with van der Waals surface area (Å²) < 4.78 is 0. The number of rotatable bonds is 3. The van der Waals surface area contributed by atoms with Crippen LogP contribution in [0.5, 0.6) is 0 Å². The molecule has 2 aromatic rings. The first-order valence-corrected chi connectivity index (χ1v) is 11.3. The maximum Gasteiger partial charge on any atom is 0.266 e. The Balaban J connectivity index is 1.66. The van der Waals surface area contributed by atoms with Gasteiger partial charge < -0.3 is 4.90 Å². The minimum absolute atomic E-state index is 0.0289. The molecule has 0 aliphatic carbocycles. The number of carbonyl (C=O) groups excluding carboxylic acids is 1. The van der Waals surface area contributed by atoms with Crippen LogP contribution in [-0.2, 0) is 4.79 Å². The molecule has 1 fully saturated rings. The lowest BCUT2D eigenvalue weighted by atomic mass is 9.80. The summed E-state index contributed by atoms with van der Waals surface area (Å²) in [5, 5.41) is 0.743. The topological polar surface area (TPSA) is 35.9 Å². The molecule has 156 valence electrons. The molecule has 2 aliphatic heterocycles. The number of benzene rings is 2. The zero-order valence-corrected chi connectivity index (χ0v) is 19.2. The smallest absolute Gasteiger partial charge is 0.266 e. The predicted molar refractivity (Wildman–Crippen MR) is 128 cm³/mol. The number of hydrogen-bond donors (Lipinski definition) is 0. The SMILES string of the molecule is CCN1C(=O)/C(=C\c2ccc3c(c2)C(C)CC(C)(C)N3C)SC1=Nc1ccccc1. The van der Waals surface area contributed by atoms with E-state index < -0.39 is 0 Å². The molecular weight excluding hydrogens is 390 g/mol. The number of hydrogen-bond acceptors (Lipinski definition) is 4. The minimum atomic E-state index is 0.0289. The van der Waals surface area contributed by atoms with Crippen molar-refractivity contribution in [2.24, 2.45) is 4.99 Å². The Bertz CT molecular complexity index is 1030. The molecule has 1 amide bonds. The van der Waals surface area contributed by atoms with Gasteiger partial charge in [0.15, 0.2) is 5.17 Å². The average molecular weight is 420 g/mol. The van der Waals surface area contributed by atoms with E-state index in [1.165, 1.54) is 23.0 Å². The first kappa shape index (κ1) is 20.7. The standard InChI is InChI=1S/C25H29N3OS/c1-6-28-23(29)22(30-24(28)26-19-10-8-7-9-11-19)15-18-12-13-21-20(14-18)17(2)16-25(3,4)27(21)5/h7-15,17H,6,16H2,1-5H3/b22-15+,26-24?. The summed E-state index contributed by atoms with van der Waals surface area (Å²) in [6, 6.07) is 16.4. The molecule has 2 aliphatic rings. The summed E-state index contributed by atoms with van der Waals surface area (Å²) >= 11 is 1.46. The lowest BCUT2D eigenvalue weighted by molar-refractivity contribution is -0.122. The van der Waals surface area contributed by atoms with Gasteiger partial charge in [0.25, 0.3) is 5.91 Å². The van der Waals surface area contributed by atoms with Crippen LogP contribution >= 0.6 is 11.8 Å². The van der Waals surface area contributed by atoms with Gasteiger partial charge in [-0.05, 0) is 86.3 Å². The van der Waals surface area contributed by atoms with Crippen molar-refractivity contribution in [3.63, 3.8) is 0 Å². The van der Waals surface area contributed by atoms with Gasteiger partial charge in [0.1, 0.15) is 0 Å². The molecule has 2 heterocycles. The summed E-state index contributed by atoms with van der Waals surface area (Å²) in [6.45, 7) is 9.48. The zero-order chi connectivity index (χ0) is 21.5. The van der Waals surface area contributed by atoms with E-state index in [1.54, 1.807) is 4.90 Å². The Morgan fingerprint density at radius 1 is 1.20 bits per heavy atom. The van der Waals surface area contributed by atoms with E-state index >= 15 is 0 Å². The van der Waals surface area contributed by atoms with Crippen LogP contribution in [0.3, 0.4) is 0 Å². The van der Waals surface area contributed by atoms with Crippen LogP contribution in [0.15, 0.2) is 58.4 Å². The van der Waals surface area contributed by atoms with Crippen LogP contribution in [-0.4, -0.2) is 35.1 Å². The van der Waals surface area contributed by atoms with E-state index in [0.717, 1.165) is 27.7 Å². The average Bonchev–Trinajstić information content (AvgIpc) is 3.01. The molecule has 30 heavy (non-hydrogen) atoms. The van der Waals surface area contributed by atoms with E-state index in [0.29, 0.717) is 12.5 Å². The second kappa shape index (κ2) is 7.95.